The van der Waals surface area contributed by atoms with Crippen molar-refractivity contribution in [3.8, 4) is 0 Å². The SMILES string of the molecule is [O]C(=O)C1C=CCCC1. The van der Waals surface area contributed by atoms with E-state index in [4.69, 9.17) is 0 Å². The second-order valence-electron chi connectivity index (χ2n) is 2.28. The van der Waals surface area contributed by atoms with Gasteiger partial charge in [0.2, 0.25) is 0 Å². The number of allylic oxidation sites excluding steroid dienone is 1. The van der Waals surface area contributed by atoms with Gasteiger partial charge in [-0.05, 0) is 19.3 Å². The molecule has 0 heterocycles. The molecular formula is C7H9O2. The summed E-state index contributed by atoms with van der Waals surface area (Å²) >= 11 is 0. The molecule has 0 aromatic rings. The molecule has 1 unspecified atom stereocenters. The minimum Gasteiger partial charge on any atom is -0.247 e. The van der Waals surface area contributed by atoms with Crippen LogP contribution in [0.15, 0.2) is 12.2 Å². The minimum absolute atomic E-state index is 0.321. The first kappa shape index (κ1) is 6.33. The molecular weight excluding hydrogens is 116 g/mol. The van der Waals surface area contributed by atoms with Gasteiger partial charge in [0.25, 0.3) is 0 Å². The summed E-state index contributed by atoms with van der Waals surface area (Å²) in [6, 6.07) is 0. The van der Waals surface area contributed by atoms with Gasteiger partial charge in [0, 0.05) is 0 Å². The van der Waals surface area contributed by atoms with Crippen LogP contribution in [-0.2, 0) is 9.90 Å². The smallest absolute Gasteiger partial charge is 0.247 e. The Morgan fingerprint density at radius 1 is 1.56 bits per heavy atom. The predicted octanol–water partition coefficient (Wildman–Crippen LogP) is 1.30. The highest BCUT2D eigenvalue weighted by Crippen LogP contribution is 2.16. The zero-order chi connectivity index (χ0) is 6.69. The van der Waals surface area contributed by atoms with Gasteiger partial charge in [-0.3, -0.25) is 0 Å². The summed E-state index contributed by atoms with van der Waals surface area (Å²) in [5.74, 6) is -1.26. The zero-order valence-corrected chi connectivity index (χ0v) is 5.17. The van der Waals surface area contributed by atoms with Crippen molar-refractivity contribution in [2.24, 2.45) is 5.92 Å². The molecule has 0 spiro atoms. The van der Waals surface area contributed by atoms with Crippen molar-refractivity contribution in [3.05, 3.63) is 12.2 Å². The van der Waals surface area contributed by atoms with Gasteiger partial charge in [-0.15, -0.1) is 0 Å². The van der Waals surface area contributed by atoms with Gasteiger partial charge in [0.1, 0.15) is 0 Å². The summed E-state index contributed by atoms with van der Waals surface area (Å²) in [5.41, 5.74) is 0. The van der Waals surface area contributed by atoms with Crippen molar-refractivity contribution >= 4 is 5.97 Å². The molecule has 0 amide bonds. The molecule has 0 saturated heterocycles. The Balaban J connectivity index is 2.50. The Kier molecular flexibility index (Phi) is 1.88. The molecule has 1 aliphatic carbocycles. The third kappa shape index (κ3) is 1.56. The van der Waals surface area contributed by atoms with Crippen LogP contribution in [0.25, 0.3) is 0 Å². The summed E-state index contributed by atoms with van der Waals surface area (Å²) in [7, 11) is 0. The predicted molar refractivity (Wildman–Crippen MR) is 32.2 cm³/mol. The van der Waals surface area contributed by atoms with E-state index in [2.05, 4.69) is 0 Å². The number of hydrogen-bond donors (Lipinski definition) is 0. The molecule has 1 aliphatic rings. The number of carbonyl (C=O) groups excluding carboxylic acids is 1. The quantitative estimate of drug-likeness (QED) is 0.486. The monoisotopic (exact) mass is 125 g/mol. The van der Waals surface area contributed by atoms with E-state index in [-0.39, 0.29) is 5.92 Å². The maximum Gasteiger partial charge on any atom is 0.362 e. The molecule has 2 nitrogen and oxygen atoms in total. The van der Waals surface area contributed by atoms with Crippen LogP contribution in [0.5, 0.6) is 0 Å². The number of carbonyl (C=O) groups is 1. The first-order valence-corrected chi connectivity index (χ1v) is 3.18. The molecule has 1 radical (unpaired) electrons. The van der Waals surface area contributed by atoms with Gasteiger partial charge in [0.05, 0.1) is 5.92 Å². The average molecular weight is 125 g/mol. The number of hydrogen-bond acceptors (Lipinski definition) is 1. The second-order valence-corrected chi connectivity index (χ2v) is 2.28. The summed E-state index contributed by atoms with van der Waals surface area (Å²) < 4.78 is 0. The lowest BCUT2D eigenvalue weighted by molar-refractivity contribution is -0.146. The third-order valence-electron chi connectivity index (χ3n) is 1.56. The van der Waals surface area contributed by atoms with E-state index < -0.39 is 5.97 Å². The Bertz CT molecular complexity index is 138. The van der Waals surface area contributed by atoms with E-state index in [1.54, 1.807) is 6.08 Å². The van der Waals surface area contributed by atoms with E-state index in [0.29, 0.717) is 0 Å². The summed E-state index contributed by atoms with van der Waals surface area (Å²) in [4.78, 5) is 10.2. The molecule has 0 aromatic heterocycles. The Labute approximate surface area is 54.2 Å². The molecule has 1 rings (SSSR count). The second kappa shape index (κ2) is 2.67. The topological polar surface area (TPSA) is 37.0 Å². The molecule has 49 valence electrons. The molecule has 2 heteroatoms. The average Bonchev–Trinajstić information content (AvgIpc) is 1.90. The molecule has 9 heavy (non-hydrogen) atoms. The highest BCUT2D eigenvalue weighted by Gasteiger charge is 2.16. The van der Waals surface area contributed by atoms with Gasteiger partial charge in [-0.2, -0.15) is 0 Å². The van der Waals surface area contributed by atoms with Crippen LogP contribution in [0, 0.1) is 5.92 Å². The van der Waals surface area contributed by atoms with Gasteiger partial charge in [-0.25, -0.2) is 9.90 Å². The summed E-state index contributed by atoms with van der Waals surface area (Å²) in [5, 5.41) is 10.2. The van der Waals surface area contributed by atoms with Crippen LogP contribution in [0.3, 0.4) is 0 Å². The lowest BCUT2D eigenvalue weighted by Crippen LogP contribution is -2.11. The van der Waals surface area contributed by atoms with Gasteiger partial charge >= 0.3 is 5.97 Å². The van der Waals surface area contributed by atoms with Gasteiger partial charge in [-0.1, -0.05) is 12.2 Å². The normalized spacial score (nSPS) is 26.0. The van der Waals surface area contributed by atoms with Crippen LogP contribution >= 0.6 is 0 Å². The van der Waals surface area contributed by atoms with Gasteiger partial charge < -0.3 is 0 Å². The van der Waals surface area contributed by atoms with Crippen molar-refractivity contribution in [2.75, 3.05) is 0 Å². The molecule has 0 aromatic carbocycles. The van der Waals surface area contributed by atoms with E-state index in [0.717, 1.165) is 19.3 Å². The lowest BCUT2D eigenvalue weighted by Gasteiger charge is -2.08. The van der Waals surface area contributed by atoms with Crippen LogP contribution in [0.4, 0.5) is 0 Å². The molecule has 0 fully saturated rings. The fraction of sp³-hybridized carbons (Fsp3) is 0.571. The first-order valence-electron chi connectivity index (χ1n) is 3.18. The highest BCUT2D eigenvalue weighted by molar-refractivity contribution is 5.71. The van der Waals surface area contributed by atoms with Crippen molar-refractivity contribution < 1.29 is 9.90 Å². The largest absolute Gasteiger partial charge is 0.362 e. The maximum atomic E-state index is 10.2. The van der Waals surface area contributed by atoms with Crippen LogP contribution in [0.1, 0.15) is 19.3 Å². The lowest BCUT2D eigenvalue weighted by atomic mass is 9.96. The molecule has 1 atom stereocenters. The van der Waals surface area contributed by atoms with Crippen LogP contribution in [0.2, 0.25) is 0 Å². The standard InChI is InChI=1S/C7H9O2/c8-7(9)6-4-2-1-3-5-6/h2,4,6H,1,3,5H2. The Morgan fingerprint density at radius 2 is 2.33 bits per heavy atom. The fourth-order valence-electron chi connectivity index (χ4n) is 1.01. The molecule has 0 N–H and O–H groups in total. The third-order valence-corrected chi connectivity index (χ3v) is 1.56. The minimum atomic E-state index is -0.939. The highest BCUT2D eigenvalue weighted by atomic mass is 16.4. The van der Waals surface area contributed by atoms with Crippen LogP contribution < -0.4 is 0 Å². The van der Waals surface area contributed by atoms with E-state index in [9.17, 15) is 9.90 Å². The van der Waals surface area contributed by atoms with Gasteiger partial charge in [0.15, 0.2) is 0 Å². The van der Waals surface area contributed by atoms with Crippen LogP contribution in [-0.4, -0.2) is 5.97 Å². The summed E-state index contributed by atoms with van der Waals surface area (Å²) in [6.07, 6.45) is 6.38. The molecule has 0 bridgehead atoms. The zero-order valence-electron chi connectivity index (χ0n) is 5.17. The van der Waals surface area contributed by atoms with Crippen molar-refractivity contribution in [1.82, 2.24) is 0 Å². The maximum absolute atomic E-state index is 10.2. The summed E-state index contributed by atoms with van der Waals surface area (Å²) in [6.45, 7) is 0. The fourth-order valence-corrected chi connectivity index (χ4v) is 1.01. The van der Waals surface area contributed by atoms with Crippen molar-refractivity contribution in [2.45, 2.75) is 19.3 Å². The van der Waals surface area contributed by atoms with E-state index in [1.165, 1.54) is 0 Å². The Morgan fingerprint density at radius 3 is 2.67 bits per heavy atom. The molecule has 0 aliphatic heterocycles. The van der Waals surface area contributed by atoms with E-state index in [1.807, 2.05) is 6.08 Å². The molecule has 0 saturated carbocycles. The Hall–Kier alpha value is -0.790. The van der Waals surface area contributed by atoms with E-state index >= 15 is 0 Å². The first-order chi connectivity index (χ1) is 4.30. The van der Waals surface area contributed by atoms with Crippen molar-refractivity contribution in [3.63, 3.8) is 0 Å². The number of rotatable bonds is 1. The van der Waals surface area contributed by atoms with Crippen molar-refractivity contribution in [1.29, 1.82) is 0 Å².